The first-order valence-electron chi connectivity index (χ1n) is 45.6. The molecule has 716 valence electrons. The number of aromatic amines is 1. The maximum absolute atomic E-state index is 15.6. The molecule has 8 amide bonds. The second-order valence-electron chi connectivity index (χ2n) is 36.3. The minimum Gasteiger partial charge on any atom is -0.508 e. The van der Waals surface area contributed by atoms with Gasteiger partial charge in [0.2, 0.25) is 47.3 Å². The van der Waals surface area contributed by atoms with Crippen LogP contribution in [0.2, 0.25) is 0 Å². The Morgan fingerprint density at radius 2 is 1.05 bits per heavy atom. The molecule has 1 aromatic heterocycles. The molecule has 4 aromatic carbocycles. The maximum atomic E-state index is 15.6. The van der Waals surface area contributed by atoms with Gasteiger partial charge >= 0.3 is 5.97 Å². The fraction of sp³-hybridized carbons (Fsp3) is 0.624. The number of primary amides is 1. The third-order valence-electron chi connectivity index (χ3n) is 25.1. The van der Waals surface area contributed by atoms with Gasteiger partial charge in [-0.05, 0) is 135 Å². The second kappa shape index (κ2) is 52.3. The molecule has 36 heteroatoms. The number of aliphatic carboxylic acids is 1. The van der Waals surface area contributed by atoms with E-state index in [0.29, 0.717) is 53.3 Å². The summed E-state index contributed by atoms with van der Waals surface area (Å²) < 4.78 is 0. The average Bonchev–Trinajstić information content (AvgIpc) is 1.50. The topological polar surface area (TPSA) is 522 Å². The van der Waals surface area contributed by atoms with Gasteiger partial charge in [-0.2, -0.15) is 11.8 Å². The van der Waals surface area contributed by atoms with Crippen LogP contribution >= 0.6 is 11.8 Å². The number of phenolic OH excluding ortho intramolecular Hbond substituents is 2. The number of para-hydroxylation sites is 1. The lowest BCUT2D eigenvalue weighted by atomic mass is 9.83. The van der Waals surface area contributed by atoms with Gasteiger partial charge in [-0.3, -0.25) is 79.5 Å². The van der Waals surface area contributed by atoms with E-state index in [0.717, 1.165) is 81.5 Å². The summed E-state index contributed by atoms with van der Waals surface area (Å²) in [5, 5.41) is 145. The van der Waals surface area contributed by atoms with Crippen LogP contribution < -0.4 is 53.6 Å². The molecule has 8 rings (SSSR count). The zero-order chi connectivity index (χ0) is 94.3. The number of rotatable bonds is 24. The van der Waals surface area contributed by atoms with Crippen molar-refractivity contribution in [3.05, 3.63) is 132 Å². The quantitative estimate of drug-likeness (QED) is 0.0394. The Labute approximate surface area is 762 Å². The number of aliphatic hydroxyl groups is 7. The Kier molecular flexibility index (Phi) is 42.8. The second-order valence-corrected chi connectivity index (χ2v) is 37.3. The van der Waals surface area contributed by atoms with Crippen molar-refractivity contribution in [1.82, 2.24) is 77.3 Å². The lowest BCUT2D eigenvalue weighted by Crippen LogP contribution is -2.63. The number of carbonyl (C=O) groups excluding carboxylic acids is 8. The summed E-state index contributed by atoms with van der Waals surface area (Å²) in [6, 6.07) is 14.2. The van der Waals surface area contributed by atoms with E-state index in [1.807, 2.05) is 57.2 Å². The molecule has 22 N–H and O–H groups in total. The van der Waals surface area contributed by atoms with Crippen LogP contribution in [-0.4, -0.2) is 310 Å². The highest BCUT2D eigenvalue weighted by atomic mass is 32.2. The van der Waals surface area contributed by atoms with Gasteiger partial charge in [0.05, 0.1) is 67.8 Å². The first-order valence-corrected chi connectivity index (χ1v) is 46.7. The number of fused-ring (bicyclic) bond motifs is 1. The number of carbonyl (C=O) groups is 9. The summed E-state index contributed by atoms with van der Waals surface area (Å²) in [6.45, 7) is 7.45. The lowest BCUT2D eigenvalue weighted by Gasteiger charge is -2.45. The van der Waals surface area contributed by atoms with Crippen LogP contribution in [0.4, 0.5) is 0 Å². The first-order chi connectivity index (χ1) is 61.4. The Morgan fingerprint density at radius 1 is 0.535 bits per heavy atom. The van der Waals surface area contributed by atoms with E-state index in [2.05, 4.69) is 52.8 Å². The summed E-state index contributed by atoms with van der Waals surface area (Å²) in [5.41, 5.74) is 8.56. The van der Waals surface area contributed by atoms with Crippen LogP contribution in [0.15, 0.2) is 109 Å². The predicted octanol–water partition coefficient (Wildman–Crippen LogP) is 2.32. The number of H-pyrrole nitrogens is 1. The molecule has 0 bridgehead atoms. The fourth-order valence-corrected chi connectivity index (χ4v) is 18.7. The Morgan fingerprint density at radius 3 is 1.63 bits per heavy atom. The van der Waals surface area contributed by atoms with Crippen molar-refractivity contribution >= 4 is 75.9 Å². The SMILES string of the molecule is CCCC[C@H]1C(O)N(C)CC(O)N[C@@H](CC(=O)O)C(=O)N[C@@H](C(C)C)C(=O)N(C)[C@@H](CC2CCCCC2)C(O)N[C@@H](Cc2ccc(O)cc2)C(=O)N(C)CC(O)N[C@@H](Cc2c[nH]c3ccccc23)C(=O)N[C@@H](Cc2ccc(O)cc2)C(=O)N[C@@H](CC(C)C)C(=O)N[C@H](C(O)NCC(N)=O)CSCC(O)N[C@@H](Cc2ccccc2)C(=O)N(C)[C@@H](CC2CCCCC2)C(O)N1C. The molecule has 129 heavy (non-hydrogen) atoms. The number of nitrogens with zero attached hydrogens (tertiary/aromatic N) is 5. The molecule has 0 spiro atoms. The van der Waals surface area contributed by atoms with Gasteiger partial charge in [0.15, 0.2) is 0 Å². The largest absolute Gasteiger partial charge is 0.508 e. The smallest absolute Gasteiger partial charge is 0.305 e. The number of thioether (sulfide) groups is 1. The number of aromatic hydroxyl groups is 2. The van der Waals surface area contributed by atoms with Gasteiger partial charge < -0.3 is 97.7 Å². The highest BCUT2D eigenvalue weighted by molar-refractivity contribution is 7.99. The third kappa shape index (κ3) is 33.1. The van der Waals surface area contributed by atoms with E-state index < -0.39 is 195 Å². The van der Waals surface area contributed by atoms with E-state index in [4.69, 9.17) is 5.73 Å². The molecule has 2 saturated carbocycles. The van der Waals surface area contributed by atoms with Crippen molar-refractivity contribution in [2.24, 2.45) is 29.4 Å². The maximum Gasteiger partial charge on any atom is 0.305 e. The number of amides is 8. The summed E-state index contributed by atoms with van der Waals surface area (Å²) in [7, 11) is 7.60. The number of hydrogen-bond acceptors (Lipinski definition) is 26. The number of nitrogens with two attached hydrogens (primary N) is 1. The third-order valence-corrected chi connectivity index (χ3v) is 26.3. The summed E-state index contributed by atoms with van der Waals surface area (Å²) in [5.74, 6) is -9.08. The molecule has 0 radical (unpaired) electrons. The molecular weight excluding hydrogens is 1680 g/mol. The van der Waals surface area contributed by atoms with E-state index in [9.17, 15) is 65.4 Å². The number of β-amino-alcohol motifs (C(OH)–C–C–N with tert-alkyl or cyclic N) is 2. The molecule has 2 heterocycles. The number of aliphatic hydroxyl groups excluding tert-OH is 7. The van der Waals surface area contributed by atoms with Gasteiger partial charge in [0, 0.05) is 62.7 Å². The van der Waals surface area contributed by atoms with Crippen LogP contribution in [0.1, 0.15) is 166 Å². The number of carboxylic acid groups (broad SMARTS) is 1. The number of hydrogen-bond donors (Lipinski definition) is 21. The van der Waals surface area contributed by atoms with Crippen LogP contribution in [0.3, 0.4) is 0 Å². The van der Waals surface area contributed by atoms with Gasteiger partial charge in [0.1, 0.15) is 73.2 Å². The Balaban J connectivity index is 1.20. The normalized spacial score (nSPS) is 27.9. The number of nitrogens with one attached hydrogen (secondary N) is 10. The minimum atomic E-state index is -1.73. The molecule has 3 fully saturated rings. The predicted molar refractivity (Wildman–Crippen MR) is 491 cm³/mol. The zero-order valence-electron chi connectivity index (χ0n) is 76.3. The fourth-order valence-electron chi connectivity index (χ4n) is 17.7. The van der Waals surface area contributed by atoms with Crippen molar-refractivity contribution in [3.63, 3.8) is 0 Å². The average molecular weight is 1820 g/mol. The van der Waals surface area contributed by atoms with E-state index in [1.165, 1.54) is 65.0 Å². The molecular formula is C93H144N16O19S. The molecule has 1 aliphatic heterocycles. The summed E-state index contributed by atoms with van der Waals surface area (Å²) in [6.07, 6.45) is -0.117. The van der Waals surface area contributed by atoms with Gasteiger partial charge in [-0.15, -0.1) is 0 Å². The van der Waals surface area contributed by atoms with Crippen LogP contribution in [0.5, 0.6) is 11.5 Å². The number of aromatic nitrogens is 1. The molecule has 3 aliphatic rings. The van der Waals surface area contributed by atoms with Crippen molar-refractivity contribution < 1.29 is 94.2 Å². The van der Waals surface area contributed by atoms with Crippen LogP contribution in [0.25, 0.3) is 10.9 Å². The van der Waals surface area contributed by atoms with Gasteiger partial charge in [-0.1, -0.05) is 184 Å². The standard InChI is InChI=1S/C93H144N16O19S/c1-11-12-32-74-91(126)106(7)52-79(114)98-70(48-81(116)117)87(122)104-82(56(4)5)93(128)108(9)75(45-58-26-18-14-19-27-58)88(123)102-71(44-61-35-39-64(111)40-36-61)89(124)105(6)51-78(113)97-69(47-62-49-95-66-31-23-22-30-65(62)66)86(121)101-68(42-60-33-37-63(110)38-34-60)85(120)100-67(41-55(2)3)84(119)103-73(83(118)96-50-77(94)112)53-129-54-80(115)99-72(43-57-24-16-13-17-25-57)90(125)109(10)76(92(127)107(74)8)46-59-28-20-15-21-29-59/h13,16-17,22-25,30-31,33-40,49,55-56,58-59,67-76,78-80,82-83,88,91-92,95-99,102,110-111,113-115,118,123,126-127H,11-12,14-15,18-21,26-29,32,41-48,50-54H2,1-10H3,(H2,94,112)(H,100,120)(H,101,121)(H,103,119)(H,104,122)(H,116,117)/t67-,68-,69-,70-,71-,72-,73-,74-,75-,76-,78?,79?,80?,82-,83?,88?,91?,92?/m0/s1. The summed E-state index contributed by atoms with van der Waals surface area (Å²) >= 11 is 1.05. The van der Waals surface area contributed by atoms with Crippen molar-refractivity contribution in [2.75, 3.05) is 66.4 Å². The van der Waals surface area contributed by atoms with E-state index in [1.54, 1.807) is 81.5 Å². The lowest BCUT2D eigenvalue weighted by molar-refractivity contribution is -0.151. The Hall–Kier alpha value is -8.96. The number of carboxylic acids is 1. The molecule has 2 aliphatic carbocycles. The number of unbranched alkanes of at least 4 members (excludes halogenated alkanes) is 1. The number of phenols is 2. The molecule has 35 nitrogen and oxygen atoms in total. The van der Waals surface area contributed by atoms with Crippen molar-refractivity contribution in [3.8, 4) is 11.5 Å². The van der Waals surface area contributed by atoms with Crippen molar-refractivity contribution in [1.29, 1.82) is 0 Å². The molecule has 5 aromatic rings. The number of benzene rings is 4. The highest BCUT2D eigenvalue weighted by Crippen LogP contribution is 2.34. The van der Waals surface area contributed by atoms with Crippen LogP contribution in [-0.2, 0) is 68.8 Å². The van der Waals surface area contributed by atoms with Gasteiger partial charge in [0.25, 0.3) is 0 Å². The van der Waals surface area contributed by atoms with Crippen molar-refractivity contribution in [2.45, 2.75) is 280 Å². The summed E-state index contributed by atoms with van der Waals surface area (Å²) in [4.78, 5) is 142. The zero-order valence-corrected chi connectivity index (χ0v) is 77.2. The van der Waals surface area contributed by atoms with E-state index >= 15 is 28.8 Å². The van der Waals surface area contributed by atoms with E-state index in [-0.39, 0.29) is 79.3 Å². The highest BCUT2D eigenvalue weighted by Gasteiger charge is 2.44. The number of likely N-dealkylation sites (N-methyl/N-ethyl adjacent to an activating group) is 5. The molecule has 7 unspecified atom stereocenters. The first kappa shape index (κ1) is 105. The Bertz CT molecular complexity index is 4320. The van der Waals surface area contributed by atoms with Gasteiger partial charge in [-0.25, -0.2) is 0 Å². The minimum absolute atomic E-state index is 0.00348. The van der Waals surface area contributed by atoms with Crippen LogP contribution in [0, 0.1) is 23.7 Å². The monoisotopic (exact) mass is 1820 g/mol. The molecule has 1 saturated heterocycles. The molecule has 18 atom stereocenters.